The molecule has 262 valence electrons. The number of rotatable bonds is 10. The van der Waals surface area contributed by atoms with Gasteiger partial charge in [-0.25, -0.2) is 4.18 Å². The summed E-state index contributed by atoms with van der Waals surface area (Å²) in [6, 6.07) is 0. The van der Waals surface area contributed by atoms with Gasteiger partial charge in [0.15, 0.2) is 6.29 Å². The van der Waals surface area contributed by atoms with E-state index in [-0.39, 0.29) is 54.0 Å². The van der Waals surface area contributed by atoms with Gasteiger partial charge in [0.1, 0.15) is 18.3 Å². The van der Waals surface area contributed by atoms with E-state index in [1.807, 2.05) is 13.8 Å². The predicted molar refractivity (Wildman–Crippen MR) is 162 cm³/mol. The van der Waals surface area contributed by atoms with Crippen LogP contribution in [-0.4, -0.2) is 105 Å². The third-order valence-corrected chi connectivity index (χ3v) is 13.6. The van der Waals surface area contributed by atoms with Crippen molar-refractivity contribution in [3.05, 3.63) is 0 Å². The number of hydrogen-bond acceptors (Lipinski definition) is 11. The summed E-state index contributed by atoms with van der Waals surface area (Å²) in [5.41, 5.74) is -2.33. The minimum absolute atomic E-state index is 0.0231. The van der Waals surface area contributed by atoms with E-state index < -0.39 is 64.3 Å². The van der Waals surface area contributed by atoms with Crippen molar-refractivity contribution in [1.29, 1.82) is 0 Å². The van der Waals surface area contributed by atoms with Crippen molar-refractivity contribution >= 4 is 10.4 Å². The number of ether oxygens (including phenoxy) is 2. The first-order valence-corrected chi connectivity index (χ1v) is 18.3. The normalized spacial score (nSPS) is 49.9. The van der Waals surface area contributed by atoms with Crippen LogP contribution in [0, 0.1) is 46.3 Å². The fourth-order valence-electron chi connectivity index (χ4n) is 10.7. The topological polar surface area (TPSA) is 203 Å². The maximum Gasteiger partial charge on any atom is 0.397 e. The molecule has 1 aliphatic heterocycles. The summed E-state index contributed by atoms with van der Waals surface area (Å²) >= 11 is 0. The molecule has 5 rings (SSSR count). The van der Waals surface area contributed by atoms with Gasteiger partial charge in [-0.1, -0.05) is 40.5 Å². The van der Waals surface area contributed by atoms with Gasteiger partial charge in [-0.15, -0.1) is 0 Å². The third-order valence-electron chi connectivity index (χ3n) is 13.2. The molecule has 0 unspecified atom stereocenters. The summed E-state index contributed by atoms with van der Waals surface area (Å²) in [7, 11) is -4.71. The highest BCUT2D eigenvalue weighted by Crippen LogP contribution is 2.69. The van der Waals surface area contributed by atoms with Gasteiger partial charge in [-0.3, -0.25) is 4.55 Å². The van der Waals surface area contributed by atoms with E-state index in [9.17, 15) is 43.6 Å². The molecule has 7 N–H and O–H groups in total. The Bertz CT molecular complexity index is 1140. The Kier molecular flexibility index (Phi) is 10.4. The Morgan fingerprint density at radius 3 is 2.38 bits per heavy atom. The summed E-state index contributed by atoms with van der Waals surface area (Å²) in [6.45, 7) is 8.66. The first-order chi connectivity index (χ1) is 20.9. The predicted octanol–water partition coefficient (Wildman–Crippen LogP) is 1.79. The first kappa shape index (κ1) is 35.8. The molecule has 0 aromatic rings. The van der Waals surface area contributed by atoms with Crippen molar-refractivity contribution in [1.82, 2.24) is 0 Å². The average Bonchev–Trinajstić information content (AvgIpc) is 3.24. The van der Waals surface area contributed by atoms with Crippen molar-refractivity contribution in [2.45, 2.75) is 140 Å². The molecule has 0 spiro atoms. The minimum Gasteiger partial charge on any atom is -0.393 e. The van der Waals surface area contributed by atoms with Crippen molar-refractivity contribution < 1.29 is 57.3 Å². The van der Waals surface area contributed by atoms with E-state index in [0.717, 1.165) is 32.1 Å². The van der Waals surface area contributed by atoms with Gasteiger partial charge in [0.2, 0.25) is 0 Å². The van der Waals surface area contributed by atoms with Crippen LogP contribution in [-0.2, 0) is 24.1 Å². The zero-order chi connectivity index (χ0) is 33.1. The SMILES string of the molecule is C[C@@H](CCC[C@@H](C)[C@H]1C[C@H](OS(=O)(=O)O)[C@H]2[C@@H]3C[C@@H](O)[C@@]4(O)C[C@@H](O)CC[C@]4(C)[C@H]3CC[C@@]21C)CO[C@@H]1OC[C@@H](O)[C@H](O)[C@H]1O. The zero-order valence-electron chi connectivity index (χ0n) is 27.1. The summed E-state index contributed by atoms with van der Waals surface area (Å²) in [5.74, 6) is 0.193. The number of aliphatic hydroxyl groups excluding tert-OH is 5. The molecular weight excluding hydrogens is 608 g/mol. The fraction of sp³-hybridized carbons (Fsp3) is 1.00. The second-order valence-corrected chi connectivity index (χ2v) is 16.9. The Hall–Kier alpha value is -0.450. The maximum absolute atomic E-state index is 12.1. The highest BCUT2D eigenvalue weighted by molar-refractivity contribution is 7.80. The lowest BCUT2D eigenvalue weighted by Crippen LogP contribution is -2.69. The standard InChI is InChI=1S/C32H56O12S/c1-17(15-42-29-28(37)27(36)23(34)16-43-29)6-5-7-18(2)22-13-24(44-45(39,40)41)26-20-12-25(35)32(38)14-19(33)8-11-31(32,4)21(20)9-10-30(22,26)3/h17-29,33-38H,5-16H2,1-4H3,(H,39,40,41)/t17-,18+,19-,20+,21-,22+,23+,24-,25+,26+,27-,28+,29+,30+,31+,32-/m0/s1. The molecule has 0 aromatic carbocycles. The fourth-order valence-corrected chi connectivity index (χ4v) is 11.2. The Morgan fingerprint density at radius 2 is 1.69 bits per heavy atom. The minimum atomic E-state index is -4.71. The second kappa shape index (κ2) is 13.1. The second-order valence-electron chi connectivity index (χ2n) is 15.8. The highest BCUT2D eigenvalue weighted by atomic mass is 32.3. The molecule has 12 nitrogen and oxygen atoms in total. The van der Waals surface area contributed by atoms with Crippen LogP contribution in [0.15, 0.2) is 0 Å². The molecule has 1 saturated heterocycles. The summed E-state index contributed by atoms with van der Waals surface area (Å²) in [4.78, 5) is 0. The van der Waals surface area contributed by atoms with Crippen LogP contribution in [0.4, 0.5) is 0 Å². The lowest BCUT2D eigenvalue weighted by atomic mass is 9.42. The molecule has 4 saturated carbocycles. The maximum atomic E-state index is 12.1. The molecule has 0 aromatic heterocycles. The van der Waals surface area contributed by atoms with Gasteiger partial charge in [0.05, 0.1) is 37.1 Å². The van der Waals surface area contributed by atoms with Crippen LogP contribution >= 0.6 is 0 Å². The summed E-state index contributed by atoms with van der Waals surface area (Å²) in [6.07, 6.45) is -0.954. The van der Waals surface area contributed by atoms with Gasteiger partial charge in [0.25, 0.3) is 0 Å². The summed E-state index contributed by atoms with van der Waals surface area (Å²) < 4.78 is 50.4. The quantitative estimate of drug-likeness (QED) is 0.167. The molecule has 0 radical (unpaired) electrons. The lowest BCUT2D eigenvalue weighted by Gasteiger charge is -2.65. The van der Waals surface area contributed by atoms with E-state index in [4.69, 9.17) is 13.7 Å². The summed E-state index contributed by atoms with van der Waals surface area (Å²) in [5, 5.41) is 63.2. The number of fused-ring (bicyclic) bond motifs is 5. The van der Waals surface area contributed by atoms with Crippen molar-refractivity contribution in [3.8, 4) is 0 Å². The van der Waals surface area contributed by atoms with Crippen molar-refractivity contribution in [3.63, 3.8) is 0 Å². The van der Waals surface area contributed by atoms with Crippen molar-refractivity contribution in [2.24, 2.45) is 46.3 Å². The third kappa shape index (κ3) is 6.62. The smallest absolute Gasteiger partial charge is 0.393 e. The van der Waals surface area contributed by atoms with Gasteiger partial charge >= 0.3 is 10.4 Å². The molecule has 5 aliphatic rings. The lowest BCUT2D eigenvalue weighted by molar-refractivity contribution is -0.272. The molecule has 4 aliphatic carbocycles. The number of aliphatic hydroxyl groups is 6. The monoisotopic (exact) mass is 664 g/mol. The van der Waals surface area contributed by atoms with Gasteiger partial charge in [-0.05, 0) is 85.9 Å². The Morgan fingerprint density at radius 1 is 0.978 bits per heavy atom. The first-order valence-electron chi connectivity index (χ1n) is 16.9. The molecule has 45 heavy (non-hydrogen) atoms. The van der Waals surface area contributed by atoms with Crippen LogP contribution in [0.5, 0.6) is 0 Å². The number of hydrogen-bond donors (Lipinski definition) is 7. The zero-order valence-corrected chi connectivity index (χ0v) is 27.9. The van der Waals surface area contributed by atoms with E-state index in [1.54, 1.807) is 0 Å². The van der Waals surface area contributed by atoms with Gasteiger partial charge < -0.3 is 40.1 Å². The molecule has 16 atom stereocenters. The van der Waals surface area contributed by atoms with Crippen LogP contribution in [0.2, 0.25) is 0 Å². The molecule has 0 amide bonds. The average molecular weight is 665 g/mol. The molecule has 0 bridgehead atoms. The van der Waals surface area contributed by atoms with E-state index in [0.29, 0.717) is 32.3 Å². The molecule has 5 fully saturated rings. The van der Waals surface area contributed by atoms with Crippen molar-refractivity contribution in [2.75, 3.05) is 13.2 Å². The molecule has 13 heteroatoms. The van der Waals surface area contributed by atoms with Crippen LogP contribution in [0.1, 0.15) is 91.9 Å². The van der Waals surface area contributed by atoms with Gasteiger partial charge in [0, 0.05) is 11.8 Å². The molecule has 1 heterocycles. The van der Waals surface area contributed by atoms with Crippen LogP contribution < -0.4 is 0 Å². The van der Waals surface area contributed by atoms with E-state index in [2.05, 4.69) is 13.8 Å². The largest absolute Gasteiger partial charge is 0.397 e. The Balaban J connectivity index is 1.25. The highest BCUT2D eigenvalue weighted by Gasteiger charge is 2.69. The Labute approximate surface area is 267 Å². The molecular formula is C32H56O12S. The van der Waals surface area contributed by atoms with Crippen LogP contribution in [0.25, 0.3) is 0 Å². The van der Waals surface area contributed by atoms with Gasteiger partial charge in [-0.2, -0.15) is 8.42 Å². The van der Waals surface area contributed by atoms with E-state index >= 15 is 0 Å². The van der Waals surface area contributed by atoms with E-state index in [1.165, 1.54) is 0 Å². The van der Waals surface area contributed by atoms with Crippen LogP contribution in [0.3, 0.4) is 0 Å².